The van der Waals surface area contributed by atoms with Gasteiger partial charge in [0, 0.05) is 11.6 Å². The van der Waals surface area contributed by atoms with Gasteiger partial charge in [0.1, 0.15) is 0 Å². The molecule has 1 N–H and O–H groups in total. The van der Waals surface area contributed by atoms with Crippen molar-refractivity contribution in [3.63, 3.8) is 0 Å². The SMILES string of the molecule is CC(C)CC(C)NC(=O)c1ccc2c(c1)OCO2. The summed E-state index contributed by atoms with van der Waals surface area (Å²) in [6.07, 6.45) is 0.969. The molecule has 1 heterocycles. The summed E-state index contributed by atoms with van der Waals surface area (Å²) in [7, 11) is 0. The van der Waals surface area contributed by atoms with E-state index in [-0.39, 0.29) is 18.7 Å². The van der Waals surface area contributed by atoms with Crippen molar-refractivity contribution in [3.05, 3.63) is 23.8 Å². The quantitative estimate of drug-likeness (QED) is 0.892. The maximum absolute atomic E-state index is 12.0. The number of carbonyl (C=O) groups excluding carboxylic acids is 1. The highest BCUT2D eigenvalue weighted by molar-refractivity contribution is 5.95. The molecule has 0 fully saturated rings. The molecule has 0 radical (unpaired) electrons. The minimum Gasteiger partial charge on any atom is -0.454 e. The fourth-order valence-corrected chi connectivity index (χ4v) is 2.11. The van der Waals surface area contributed by atoms with Gasteiger partial charge in [-0.25, -0.2) is 0 Å². The summed E-state index contributed by atoms with van der Waals surface area (Å²) < 4.78 is 10.5. The van der Waals surface area contributed by atoms with Gasteiger partial charge in [-0.05, 0) is 37.5 Å². The lowest BCUT2D eigenvalue weighted by Gasteiger charge is -2.16. The molecule has 1 atom stereocenters. The zero-order valence-corrected chi connectivity index (χ0v) is 11.0. The van der Waals surface area contributed by atoms with Gasteiger partial charge < -0.3 is 14.8 Å². The van der Waals surface area contributed by atoms with E-state index in [9.17, 15) is 4.79 Å². The van der Waals surface area contributed by atoms with Gasteiger partial charge >= 0.3 is 0 Å². The summed E-state index contributed by atoms with van der Waals surface area (Å²) in [5.41, 5.74) is 0.606. The molecule has 4 heteroatoms. The Morgan fingerprint density at radius 2 is 2.00 bits per heavy atom. The van der Waals surface area contributed by atoms with E-state index in [1.54, 1.807) is 18.2 Å². The van der Waals surface area contributed by atoms with Crippen molar-refractivity contribution in [3.8, 4) is 11.5 Å². The van der Waals surface area contributed by atoms with Gasteiger partial charge in [0.05, 0.1) is 0 Å². The molecule has 0 saturated carbocycles. The lowest BCUT2D eigenvalue weighted by Crippen LogP contribution is -2.33. The van der Waals surface area contributed by atoms with Gasteiger partial charge in [-0.3, -0.25) is 4.79 Å². The molecule has 0 spiro atoms. The van der Waals surface area contributed by atoms with E-state index in [0.29, 0.717) is 23.0 Å². The van der Waals surface area contributed by atoms with E-state index in [2.05, 4.69) is 19.2 Å². The second-order valence-electron chi connectivity index (χ2n) is 5.07. The molecule has 1 aromatic carbocycles. The molecule has 1 aliphatic rings. The highest BCUT2D eigenvalue weighted by Crippen LogP contribution is 2.32. The molecule has 1 unspecified atom stereocenters. The second kappa shape index (κ2) is 5.29. The van der Waals surface area contributed by atoms with Gasteiger partial charge in [-0.1, -0.05) is 13.8 Å². The van der Waals surface area contributed by atoms with Crippen LogP contribution < -0.4 is 14.8 Å². The van der Waals surface area contributed by atoms with Crippen molar-refractivity contribution in [2.24, 2.45) is 5.92 Å². The lowest BCUT2D eigenvalue weighted by molar-refractivity contribution is 0.0935. The number of benzene rings is 1. The Bertz CT molecular complexity index is 443. The number of carbonyl (C=O) groups is 1. The van der Waals surface area contributed by atoms with E-state index in [0.717, 1.165) is 6.42 Å². The van der Waals surface area contributed by atoms with Crippen molar-refractivity contribution < 1.29 is 14.3 Å². The highest BCUT2D eigenvalue weighted by atomic mass is 16.7. The lowest BCUT2D eigenvalue weighted by atomic mass is 10.0. The third kappa shape index (κ3) is 2.94. The van der Waals surface area contributed by atoms with Crippen molar-refractivity contribution in [1.82, 2.24) is 5.32 Å². The summed E-state index contributed by atoms with van der Waals surface area (Å²) in [6.45, 7) is 6.53. The molecule has 0 aromatic heterocycles. The molecule has 2 rings (SSSR count). The maximum Gasteiger partial charge on any atom is 0.251 e. The normalized spacial score (nSPS) is 14.7. The maximum atomic E-state index is 12.0. The standard InChI is InChI=1S/C14H19NO3/c1-9(2)6-10(3)15-14(16)11-4-5-12-13(7-11)18-8-17-12/h4-5,7,9-10H,6,8H2,1-3H3,(H,15,16). The first-order valence-corrected chi connectivity index (χ1v) is 6.26. The van der Waals surface area contributed by atoms with Crippen LogP contribution in [-0.4, -0.2) is 18.7 Å². The zero-order chi connectivity index (χ0) is 13.1. The predicted molar refractivity (Wildman–Crippen MR) is 68.9 cm³/mol. The number of fused-ring (bicyclic) bond motifs is 1. The van der Waals surface area contributed by atoms with Crippen LogP contribution >= 0.6 is 0 Å². The summed E-state index contributed by atoms with van der Waals surface area (Å²) in [4.78, 5) is 12.0. The van der Waals surface area contributed by atoms with Crippen molar-refractivity contribution >= 4 is 5.91 Å². The Morgan fingerprint density at radius 3 is 2.72 bits per heavy atom. The smallest absolute Gasteiger partial charge is 0.251 e. The summed E-state index contributed by atoms with van der Waals surface area (Å²) in [5, 5.41) is 2.98. The van der Waals surface area contributed by atoms with Crippen LogP contribution in [0.25, 0.3) is 0 Å². The minimum atomic E-state index is -0.0681. The molecule has 0 saturated heterocycles. The van der Waals surface area contributed by atoms with Crippen molar-refractivity contribution in [2.75, 3.05) is 6.79 Å². The third-order valence-electron chi connectivity index (χ3n) is 2.84. The zero-order valence-electron chi connectivity index (χ0n) is 11.0. The van der Waals surface area contributed by atoms with Gasteiger partial charge in [-0.15, -0.1) is 0 Å². The average Bonchev–Trinajstić information content (AvgIpc) is 2.74. The largest absolute Gasteiger partial charge is 0.454 e. The molecular formula is C14H19NO3. The highest BCUT2D eigenvalue weighted by Gasteiger charge is 2.17. The monoisotopic (exact) mass is 249 g/mol. The van der Waals surface area contributed by atoms with Crippen molar-refractivity contribution in [2.45, 2.75) is 33.2 Å². The topological polar surface area (TPSA) is 47.6 Å². The molecule has 1 aromatic rings. The van der Waals surface area contributed by atoms with Crippen LogP contribution in [-0.2, 0) is 0 Å². The Hall–Kier alpha value is -1.71. The molecule has 1 aliphatic heterocycles. The minimum absolute atomic E-state index is 0.0681. The molecular weight excluding hydrogens is 230 g/mol. The summed E-state index contributed by atoms with van der Waals surface area (Å²) in [5.74, 6) is 1.83. The van der Waals surface area contributed by atoms with Gasteiger partial charge in [0.15, 0.2) is 11.5 Å². The second-order valence-corrected chi connectivity index (χ2v) is 5.07. The van der Waals surface area contributed by atoms with Crippen molar-refractivity contribution in [1.29, 1.82) is 0 Å². The fraction of sp³-hybridized carbons (Fsp3) is 0.500. The van der Waals surface area contributed by atoms with E-state index in [4.69, 9.17) is 9.47 Å². The Labute approximate surface area is 107 Å². The van der Waals surface area contributed by atoms with E-state index in [1.807, 2.05) is 6.92 Å². The number of nitrogens with one attached hydrogen (secondary N) is 1. The van der Waals surface area contributed by atoms with Crippen LogP contribution in [0.2, 0.25) is 0 Å². The van der Waals surface area contributed by atoms with Gasteiger partial charge in [-0.2, -0.15) is 0 Å². The Kier molecular flexibility index (Phi) is 3.75. The van der Waals surface area contributed by atoms with Crippen LogP contribution in [0.3, 0.4) is 0 Å². The third-order valence-corrected chi connectivity index (χ3v) is 2.84. The number of ether oxygens (including phenoxy) is 2. The fourth-order valence-electron chi connectivity index (χ4n) is 2.11. The Morgan fingerprint density at radius 1 is 1.28 bits per heavy atom. The molecule has 98 valence electrons. The number of hydrogen-bond donors (Lipinski definition) is 1. The number of amides is 1. The van der Waals surface area contributed by atoms with E-state index < -0.39 is 0 Å². The van der Waals surface area contributed by atoms with Crippen LogP contribution in [0.1, 0.15) is 37.6 Å². The molecule has 0 aliphatic carbocycles. The number of rotatable bonds is 4. The molecule has 4 nitrogen and oxygen atoms in total. The first-order valence-electron chi connectivity index (χ1n) is 6.26. The van der Waals surface area contributed by atoms with E-state index >= 15 is 0 Å². The molecule has 1 amide bonds. The average molecular weight is 249 g/mol. The molecule has 0 bridgehead atoms. The van der Waals surface area contributed by atoms with Crippen LogP contribution in [0.4, 0.5) is 0 Å². The first kappa shape index (κ1) is 12.7. The van der Waals surface area contributed by atoms with Crippen LogP contribution in [0.5, 0.6) is 11.5 Å². The van der Waals surface area contributed by atoms with Crippen LogP contribution in [0.15, 0.2) is 18.2 Å². The molecule has 18 heavy (non-hydrogen) atoms. The summed E-state index contributed by atoms with van der Waals surface area (Å²) >= 11 is 0. The van der Waals surface area contributed by atoms with Crippen LogP contribution in [0, 0.1) is 5.92 Å². The summed E-state index contributed by atoms with van der Waals surface area (Å²) in [6, 6.07) is 5.41. The van der Waals surface area contributed by atoms with Gasteiger partial charge in [0.25, 0.3) is 5.91 Å². The van der Waals surface area contributed by atoms with Gasteiger partial charge in [0.2, 0.25) is 6.79 Å². The first-order chi connectivity index (χ1) is 8.56. The van der Waals surface area contributed by atoms with E-state index in [1.165, 1.54) is 0 Å². The predicted octanol–water partition coefficient (Wildman–Crippen LogP) is 2.58. The number of hydrogen-bond acceptors (Lipinski definition) is 3. The Balaban J connectivity index is 2.01.